The second kappa shape index (κ2) is 5.52. The van der Waals surface area contributed by atoms with Gasteiger partial charge in [0.2, 0.25) is 0 Å². The summed E-state index contributed by atoms with van der Waals surface area (Å²) in [7, 11) is 0. The van der Waals surface area contributed by atoms with Gasteiger partial charge in [0.25, 0.3) is 0 Å². The summed E-state index contributed by atoms with van der Waals surface area (Å²) in [5.41, 5.74) is 2.80. The Morgan fingerprint density at radius 3 is 2.67 bits per heavy atom. The van der Waals surface area contributed by atoms with Crippen molar-refractivity contribution in [1.82, 2.24) is 4.98 Å². The molecule has 1 heterocycles. The van der Waals surface area contributed by atoms with Crippen molar-refractivity contribution in [2.75, 3.05) is 0 Å². The van der Waals surface area contributed by atoms with E-state index in [4.69, 9.17) is 0 Å². The van der Waals surface area contributed by atoms with Gasteiger partial charge >= 0.3 is 0 Å². The number of hydrogen-bond donors (Lipinski definition) is 0. The van der Waals surface area contributed by atoms with Crippen molar-refractivity contribution in [3.05, 3.63) is 35.9 Å². The Morgan fingerprint density at radius 1 is 1.07 bits per heavy atom. The Labute approximate surface area is 161 Å². The van der Waals surface area contributed by atoms with E-state index in [1.807, 2.05) is 6.20 Å². The first-order valence-electron chi connectivity index (χ1n) is 10.6. The number of carbonyl (C=O) groups excluding carboxylic acids is 1. The molecule has 2 nitrogen and oxygen atoms in total. The maximum Gasteiger partial charge on any atom is 0.142 e. The molecule has 0 aromatic carbocycles. The highest BCUT2D eigenvalue weighted by atomic mass is 19.1. The lowest BCUT2D eigenvalue weighted by molar-refractivity contribution is -0.131. The van der Waals surface area contributed by atoms with Gasteiger partial charge in [-0.3, -0.25) is 9.78 Å². The van der Waals surface area contributed by atoms with Crippen LogP contribution >= 0.6 is 0 Å². The number of ketones is 1. The molecule has 0 N–H and O–H groups in total. The molecule has 0 aliphatic heterocycles. The molecule has 1 aromatic heterocycles. The van der Waals surface area contributed by atoms with Gasteiger partial charge < -0.3 is 0 Å². The number of fused-ring (bicyclic) bond motifs is 5. The molecule has 6 atom stereocenters. The second-order valence-corrected chi connectivity index (χ2v) is 10.5. The van der Waals surface area contributed by atoms with E-state index in [9.17, 15) is 9.18 Å². The molecule has 0 amide bonds. The molecule has 0 saturated heterocycles. The van der Waals surface area contributed by atoms with Gasteiger partial charge in [-0.15, -0.1) is 0 Å². The molecule has 3 heteroatoms. The summed E-state index contributed by atoms with van der Waals surface area (Å²) >= 11 is 0. The lowest BCUT2D eigenvalue weighted by atomic mass is 9.41. The highest BCUT2D eigenvalue weighted by molar-refractivity contribution is 5.82. The summed E-state index contributed by atoms with van der Waals surface area (Å²) in [6.07, 6.45) is 12.9. The monoisotopic (exact) mass is 367 g/mol. The largest absolute Gasteiger partial charge is 0.300 e. The zero-order valence-electron chi connectivity index (χ0n) is 16.7. The van der Waals surface area contributed by atoms with Crippen LogP contribution in [0.2, 0.25) is 0 Å². The predicted molar refractivity (Wildman–Crippen MR) is 104 cm³/mol. The summed E-state index contributed by atoms with van der Waals surface area (Å²) in [5.74, 6) is 2.03. The first kappa shape index (κ1) is 17.6. The number of Topliss-reactive ketones (excluding diaryl/α,β-unsaturated/α-hetero) is 1. The van der Waals surface area contributed by atoms with Crippen LogP contribution in [0.1, 0.15) is 71.3 Å². The van der Waals surface area contributed by atoms with E-state index >= 15 is 0 Å². The van der Waals surface area contributed by atoms with E-state index in [1.54, 1.807) is 6.07 Å². The van der Waals surface area contributed by atoms with Crippen LogP contribution in [0, 0.1) is 39.8 Å². The summed E-state index contributed by atoms with van der Waals surface area (Å²) in [6.45, 7) is 7.31. The molecule has 0 spiro atoms. The number of aromatic nitrogens is 1. The van der Waals surface area contributed by atoms with Gasteiger partial charge in [0.05, 0.1) is 6.20 Å². The van der Waals surface area contributed by atoms with Crippen molar-refractivity contribution in [3.8, 4) is 0 Å². The van der Waals surface area contributed by atoms with Gasteiger partial charge in [-0.25, -0.2) is 4.39 Å². The summed E-state index contributed by atoms with van der Waals surface area (Å²) in [6, 6.07) is 1.65. The van der Waals surface area contributed by atoms with Gasteiger partial charge in [0, 0.05) is 19.0 Å². The van der Waals surface area contributed by atoms with Crippen LogP contribution in [0.4, 0.5) is 4.39 Å². The van der Waals surface area contributed by atoms with Crippen molar-refractivity contribution in [2.24, 2.45) is 34.0 Å². The lowest BCUT2D eigenvalue weighted by Crippen LogP contribution is -2.55. The van der Waals surface area contributed by atoms with Crippen LogP contribution in [0.5, 0.6) is 0 Å². The molecule has 4 aliphatic carbocycles. The molecule has 144 valence electrons. The molecule has 27 heavy (non-hydrogen) atoms. The van der Waals surface area contributed by atoms with Crippen molar-refractivity contribution < 1.29 is 9.18 Å². The van der Waals surface area contributed by atoms with Crippen molar-refractivity contribution in [2.45, 2.75) is 65.7 Å². The minimum Gasteiger partial charge on any atom is -0.300 e. The first-order chi connectivity index (χ1) is 12.8. The normalized spacial score (nSPS) is 45.9. The Kier molecular flexibility index (Phi) is 3.59. The van der Waals surface area contributed by atoms with Gasteiger partial charge in [-0.2, -0.15) is 0 Å². The number of nitrogens with zero attached hydrogens (tertiary/aromatic N) is 1. The van der Waals surface area contributed by atoms with Crippen LogP contribution in [0.15, 0.2) is 24.5 Å². The average Bonchev–Trinajstić information content (AvgIpc) is 3.11. The van der Waals surface area contributed by atoms with Crippen LogP contribution in [0.3, 0.4) is 0 Å². The summed E-state index contributed by atoms with van der Waals surface area (Å²) < 4.78 is 13.8. The predicted octanol–water partition coefficient (Wildman–Crippen LogP) is 5.83. The number of allylic oxidation sites excluding steroid dienone is 2. The Balaban J connectivity index is 1.52. The summed E-state index contributed by atoms with van der Waals surface area (Å²) in [4.78, 5) is 16.4. The molecular weight excluding hydrogens is 337 g/mol. The second-order valence-electron chi connectivity index (χ2n) is 10.5. The van der Waals surface area contributed by atoms with E-state index in [2.05, 4.69) is 31.8 Å². The number of halogens is 1. The molecule has 1 unspecified atom stereocenters. The highest BCUT2D eigenvalue weighted by Crippen LogP contribution is 2.72. The molecule has 5 rings (SSSR count). The van der Waals surface area contributed by atoms with Gasteiger partial charge in [-0.1, -0.05) is 26.8 Å². The fourth-order valence-corrected chi connectivity index (χ4v) is 8.15. The number of pyridine rings is 1. The molecule has 0 bridgehead atoms. The summed E-state index contributed by atoms with van der Waals surface area (Å²) in [5, 5.41) is 0. The molecule has 3 fully saturated rings. The van der Waals surface area contributed by atoms with Gasteiger partial charge in [-0.05, 0) is 83.3 Å². The smallest absolute Gasteiger partial charge is 0.142 e. The van der Waals surface area contributed by atoms with Crippen LogP contribution in [-0.2, 0) is 4.79 Å². The van der Waals surface area contributed by atoms with E-state index in [0.717, 1.165) is 31.2 Å². The minimum absolute atomic E-state index is 0.0898. The lowest BCUT2D eigenvalue weighted by Gasteiger charge is -2.63. The molecule has 3 saturated carbocycles. The first-order valence-corrected chi connectivity index (χ1v) is 10.6. The van der Waals surface area contributed by atoms with Crippen molar-refractivity contribution >= 4 is 11.4 Å². The third-order valence-electron chi connectivity index (χ3n) is 9.31. The third-order valence-corrected chi connectivity index (χ3v) is 9.31. The quantitative estimate of drug-likeness (QED) is 0.625. The Hall–Kier alpha value is -1.51. The van der Waals surface area contributed by atoms with Gasteiger partial charge in [0.1, 0.15) is 11.6 Å². The van der Waals surface area contributed by atoms with Crippen molar-refractivity contribution in [3.63, 3.8) is 0 Å². The Bertz CT molecular complexity index is 847. The third kappa shape index (κ3) is 2.23. The van der Waals surface area contributed by atoms with Crippen LogP contribution in [0.25, 0.3) is 5.57 Å². The number of carbonyl (C=O) groups is 1. The zero-order valence-corrected chi connectivity index (χ0v) is 16.7. The number of hydrogen-bond acceptors (Lipinski definition) is 2. The number of rotatable bonds is 1. The van der Waals surface area contributed by atoms with E-state index in [-0.39, 0.29) is 22.1 Å². The SMILES string of the molecule is C[C@@]12CCC3CC(=O)C[C@]3(C)[C@H]1CC[C@]1(C)C(c3cncc(F)c3)=CC[C@@H]21. The van der Waals surface area contributed by atoms with E-state index in [1.165, 1.54) is 31.0 Å². The zero-order chi connectivity index (χ0) is 19.0. The fourth-order valence-electron chi connectivity index (χ4n) is 8.15. The van der Waals surface area contributed by atoms with E-state index in [0.29, 0.717) is 23.5 Å². The van der Waals surface area contributed by atoms with Crippen molar-refractivity contribution in [1.29, 1.82) is 0 Å². The standard InChI is InChI=1S/C24H30FNO/c1-22-9-7-21-23(2,8-6-16-11-18(27)12-24(16,21)3)20(22)5-4-19(22)15-10-17(25)14-26-13-15/h4,10,13-14,16,20-21H,5-9,11-12H2,1-3H3/t16?,20-,21+,22-,23+,24+/m1/s1. The molecule has 1 aromatic rings. The fraction of sp³-hybridized carbons (Fsp3) is 0.667. The topological polar surface area (TPSA) is 30.0 Å². The Morgan fingerprint density at radius 2 is 1.89 bits per heavy atom. The van der Waals surface area contributed by atoms with Crippen LogP contribution in [-0.4, -0.2) is 10.8 Å². The minimum atomic E-state index is -0.252. The van der Waals surface area contributed by atoms with Gasteiger partial charge in [0.15, 0.2) is 0 Å². The molecule has 0 radical (unpaired) electrons. The maximum atomic E-state index is 13.8. The molecular formula is C24H30FNO. The highest BCUT2D eigenvalue weighted by Gasteiger charge is 2.64. The van der Waals surface area contributed by atoms with E-state index < -0.39 is 0 Å². The maximum absolute atomic E-state index is 13.8. The molecule has 4 aliphatic rings. The average molecular weight is 368 g/mol. The van der Waals surface area contributed by atoms with Crippen LogP contribution < -0.4 is 0 Å².